The summed E-state index contributed by atoms with van der Waals surface area (Å²) in [5.74, 6) is 0.672. The molecule has 0 atom stereocenters. The summed E-state index contributed by atoms with van der Waals surface area (Å²) < 4.78 is 38.9. The van der Waals surface area contributed by atoms with Gasteiger partial charge in [0.25, 0.3) is 0 Å². The molecule has 0 spiro atoms. The zero-order chi connectivity index (χ0) is 22.0. The van der Waals surface area contributed by atoms with E-state index < -0.39 is 12.6 Å². The minimum Gasteiger partial charge on any atom is -0.317 e. The van der Waals surface area contributed by atoms with E-state index >= 15 is 0 Å². The maximum atomic E-state index is 12.6. The Morgan fingerprint density at radius 1 is 1.19 bits per heavy atom. The molecule has 1 aliphatic rings. The third-order valence-corrected chi connectivity index (χ3v) is 5.46. The van der Waals surface area contributed by atoms with Crippen molar-refractivity contribution in [1.82, 2.24) is 29.6 Å². The fourth-order valence-corrected chi connectivity index (χ4v) is 3.70. The van der Waals surface area contributed by atoms with Gasteiger partial charge in [-0.2, -0.15) is 13.2 Å². The van der Waals surface area contributed by atoms with Crippen LogP contribution in [0.4, 0.5) is 19.0 Å². The molecule has 0 radical (unpaired) electrons. The number of nitrogens with zero attached hydrogens (tertiary/aromatic N) is 6. The number of aromatic nitrogens is 5. The van der Waals surface area contributed by atoms with E-state index in [0.717, 1.165) is 10.9 Å². The quantitative estimate of drug-likeness (QED) is 0.666. The predicted molar refractivity (Wildman–Crippen MR) is 108 cm³/mol. The van der Waals surface area contributed by atoms with Crippen molar-refractivity contribution in [2.45, 2.75) is 25.4 Å². The van der Waals surface area contributed by atoms with E-state index in [9.17, 15) is 18.0 Å². The van der Waals surface area contributed by atoms with Crippen molar-refractivity contribution in [3.8, 4) is 11.4 Å². The monoisotopic (exact) mass is 433 g/mol. The molecule has 0 unspecified atom stereocenters. The molecule has 0 saturated carbocycles. The number of carbonyl (C=O) groups excluding carboxylic acids is 1. The van der Waals surface area contributed by atoms with Crippen molar-refractivity contribution in [3.05, 3.63) is 30.9 Å². The van der Waals surface area contributed by atoms with Gasteiger partial charge in [0.05, 0.1) is 18.1 Å². The second-order valence-electron chi connectivity index (χ2n) is 7.72. The lowest BCUT2D eigenvalue weighted by Gasteiger charge is -2.31. The standard InChI is InChI=1S/C20H22F3N7O/c1-29-12-26-28-18(29)15-8-14-9-17(25-11-16(14)24-10-15)27-19(31)13-2-5-30(6-3-13)7-4-20(21,22)23/h8-13H,2-7H2,1H3,(H,25,27,31). The minimum absolute atomic E-state index is 0.0229. The molecule has 11 heteroatoms. The van der Waals surface area contributed by atoms with Crippen molar-refractivity contribution in [1.29, 1.82) is 0 Å². The number of piperidine rings is 1. The van der Waals surface area contributed by atoms with Crippen molar-refractivity contribution in [3.63, 3.8) is 0 Å². The maximum Gasteiger partial charge on any atom is 0.390 e. The molecule has 3 aromatic heterocycles. The molecule has 4 heterocycles. The number of nitrogens with one attached hydrogen (secondary N) is 1. The summed E-state index contributed by atoms with van der Waals surface area (Å²) in [6.45, 7) is 0.930. The SMILES string of the molecule is Cn1cnnc1-c1cnc2cnc(NC(=O)C3CCN(CCC(F)(F)F)CC3)cc2c1. The summed E-state index contributed by atoms with van der Waals surface area (Å²) in [5, 5.41) is 11.6. The molecule has 0 aliphatic carbocycles. The summed E-state index contributed by atoms with van der Waals surface area (Å²) in [6, 6.07) is 3.65. The molecule has 1 N–H and O–H groups in total. The molecule has 0 bridgehead atoms. The Bertz CT molecular complexity index is 1070. The minimum atomic E-state index is -4.16. The molecule has 1 fully saturated rings. The molecular weight excluding hydrogens is 411 g/mol. The molecule has 3 aromatic rings. The molecule has 0 aromatic carbocycles. The van der Waals surface area contributed by atoms with Gasteiger partial charge in [-0.05, 0) is 38.1 Å². The van der Waals surface area contributed by atoms with Gasteiger partial charge in [0.1, 0.15) is 12.1 Å². The van der Waals surface area contributed by atoms with Gasteiger partial charge in [-0.3, -0.25) is 9.78 Å². The van der Waals surface area contributed by atoms with Crippen LogP contribution in [-0.2, 0) is 11.8 Å². The number of fused-ring (bicyclic) bond motifs is 1. The zero-order valence-electron chi connectivity index (χ0n) is 16.9. The number of pyridine rings is 2. The molecule has 164 valence electrons. The normalized spacial score (nSPS) is 16.0. The molecule has 1 saturated heterocycles. The van der Waals surface area contributed by atoms with Crippen molar-refractivity contribution < 1.29 is 18.0 Å². The lowest BCUT2D eigenvalue weighted by Crippen LogP contribution is -2.39. The van der Waals surface area contributed by atoms with Crippen LogP contribution in [0.5, 0.6) is 0 Å². The predicted octanol–water partition coefficient (Wildman–Crippen LogP) is 3.03. The van der Waals surface area contributed by atoms with Crippen molar-refractivity contribution in [2.75, 3.05) is 25.0 Å². The Balaban J connectivity index is 1.39. The molecular formula is C20H22F3N7O. The van der Waals surface area contributed by atoms with Gasteiger partial charge in [0, 0.05) is 36.7 Å². The number of rotatable bonds is 5. The highest BCUT2D eigenvalue weighted by Gasteiger charge is 2.30. The third-order valence-electron chi connectivity index (χ3n) is 5.46. The molecule has 8 nitrogen and oxygen atoms in total. The largest absolute Gasteiger partial charge is 0.390 e. The van der Waals surface area contributed by atoms with Gasteiger partial charge < -0.3 is 14.8 Å². The Hall–Kier alpha value is -3.08. The van der Waals surface area contributed by atoms with E-state index in [1.54, 1.807) is 34.3 Å². The highest BCUT2D eigenvalue weighted by Crippen LogP contribution is 2.25. The molecule has 1 aliphatic heterocycles. The summed E-state index contributed by atoms with van der Waals surface area (Å²) in [6.07, 6.45) is 0.952. The Kier molecular flexibility index (Phi) is 5.86. The topological polar surface area (TPSA) is 88.8 Å². The average Bonchev–Trinajstić information content (AvgIpc) is 3.17. The average molecular weight is 433 g/mol. The van der Waals surface area contributed by atoms with Crippen LogP contribution >= 0.6 is 0 Å². The lowest BCUT2D eigenvalue weighted by molar-refractivity contribution is -0.139. The number of likely N-dealkylation sites (tertiary alicyclic amines) is 1. The summed E-state index contributed by atoms with van der Waals surface area (Å²) in [5.41, 5.74) is 1.48. The van der Waals surface area contributed by atoms with Crippen LogP contribution in [0.1, 0.15) is 19.3 Å². The number of aryl methyl sites for hydroxylation is 1. The van der Waals surface area contributed by atoms with Crippen LogP contribution in [-0.4, -0.2) is 61.4 Å². The zero-order valence-corrected chi connectivity index (χ0v) is 16.9. The fourth-order valence-electron chi connectivity index (χ4n) is 3.70. The number of alkyl halides is 3. The van der Waals surface area contributed by atoms with E-state index in [1.807, 2.05) is 13.1 Å². The van der Waals surface area contributed by atoms with Gasteiger partial charge in [-0.15, -0.1) is 10.2 Å². The van der Waals surface area contributed by atoms with E-state index in [-0.39, 0.29) is 18.4 Å². The number of halogens is 3. The maximum absolute atomic E-state index is 12.6. The molecule has 31 heavy (non-hydrogen) atoms. The Morgan fingerprint density at radius 2 is 1.97 bits per heavy atom. The Morgan fingerprint density at radius 3 is 2.65 bits per heavy atom. The van der Waals surface area contributed by atoms with Crippen molar-refractivity contribution >= 4 is 22.6 Å². The van der Waals surface area contributed by atoms with Gasteiger partial charge in [-0.25, -0.2) is 4.98 Å². The first-order chi connectivity index (χ1) is 14.8. The van der Waals surface area contributed by atoms with Gasteiger partial charge in [0.15, 0.2) is 5.82 Å². The van der Waals surface area contributed by atoms with E-state index in [2.05, 4.69) is 25.5 Å². The van der Waals surface area contributed by atoms with E-state index in [4.69, 9.17) is 0 Å². The smallest absolute Gasteiger partial charge is 0.317 e. The first-order valence-electron chi connectivity index (χ1n) is 9.98. The van der Waals surface area contributed by atoms with Gasteiger partial charge >= 0.3 is 6.18 Å². The number of hydrogen-bond donors (Lipinski definition) is 1. The van der Waals surface area contributed by atoms with Crippen LogP contribution in [0, 0.1) is 5.92 Å². The van der Waals surface area contributed by atoms with Gasteiger partial charge in [0.2, 0.25) is 5.91 Å². The summed E-state index contributed by atoms with van der Waals surface area (Å²) >= 11 is 0. The number of hydrogen-bond acceptors (Lipinski definition) is 6. The second-order valence-corrected chi connectivity index (χ2v) is 7.72. The third kappa shape index (κ3) is 5.16. The van der Waals surface area contributed by atoms with E-state index in [1.165, 1.54) is 0 Å². The number of amides is 1. The highest BCUT2D eigenvalue weighted by atomic mass is 19.4. The highest BCUT2D eigenvalue weighted by molar-refractivity contribution is 5.94. The van der Waals surface area contributed by atoms with Crippen molar-refractivity contribution in [2.24, 2.45) is 13.0 Å². The summed E-state index contributed by atoms with van der Waals surface area (Å²) in [7, 11) is 1.84. The molecule has 4 rings (SSSR count). The number of anilines is 1. The van der Waals surface area contributed by atoms with Crippen LogP contribution < -0.4 is 5.32 Å². The van der Waals surface area contributed by atoms with E-state index in [0.29, 0.717) is 43.1 Å². The van der Waals surface area contributed by atoms with Crippen LogP contribution in [0.3, 0.4) is 0 Å². The summed E-state index contributed by atoms with van der Waals surface area (Å²) in [4.78, 5) is 23.0. The van der Waals surface area contributed by atoms with Crippen LogP contribution in [0.15, 0.2) is 30.9 Å². The second kappa shape index (κ2) is 8.58. The Labute approximate surface area is 176 Å². The lowest BCUT2D eigenvalue weighted by atomic mass is 9.96. The fraction of sp³-hybridized carbons (Fsp3) is 0.450. The first kappa shape index (κ1) is 21.2. The van der Waals surface area contributed by atoms with Gasteiger partial charge in [-0.1, -0.05) is 0 Å². The van der Waals surface area contributed by atoms with Crippen LogP contribution in [0.25, 0.3) is 22.3 Å². The first-order valence-corrected chi connectivity index (χ1v) is 9.98. The molecule has 1 amide bonds. The number of carbonyl (C=O) groups is 1. The van der Waals surface area contributed by atoms with Crippen LogP contribution in [0.2, 0.25) is 0 Å².